The highest BCUT2D eigenvalue weighted by Crippen LogP contribution is 2.15. The van der Waals surface area contributed by atoms with Crippen molar-refractivity contribution in [2.75, 3.05) is 5.73 Å². The average Bonchev–Trinajstić information content (AvgIpc) is 3.01. The minimum atomic E-state index is 0.540. The zero-order valence-electron chi connectivity index (χ0n) is 10.4. The van der Waals surface area contributed by atoms with E-state index in [1.165, 1.54) is 6.33 Å². The monoisotopic (exact) mass is 255 g/mol. The number of hydrogen-bond donors (Lipinski definition) is 1. The van der Waals surface area contributed by atoms with Crippen molar-refractivity contribution in [2.45, 2.75) is 6.54 Å². The van der Waals surface area contributed by atoms with Gasteiger partial charge in [0.1, 0.15) is 25.0 Å². The van der Waals surface area contributed by atoms with E-state index < -0.39 is 0 Å². The van der Waals surface area contributed by atoms with E-state index in [0.29, 0.717) is 12.4 Å². The minimum absolute atomic E-state index is 0.540. The SMILES string of the molecule is Cn1ncnc1Cn1cnc(-c2ccc(N)cc2)n1. The molecule has 7 heteroatoms. The maximum absolute atomic E-state index is 5.65. The smallest absolute Gasteiger partial charge is 0.181 e. The first-order valence-corrected chi connectivity index (χ1v) is 5.80. The summed E-state index contributed by atoms with van der Waals surface area (Å²) in [5.74, 6) is 1.50. The first-order chi connectivity index (χ1) is 9.22. The fourth-order valence-corrected chi connectivity index (χ4v) is 1.74. The Morgan fingerprint density at radius 2 is 1.95 bits per heavy atom. The predicted molar refractivity (Wildman–Crippen MR) is 70.0 cm³/mol. The quantitative estimate of drug-likeness (QED) is 0.696. The van der Waals surface area contributed by atoms with Crippen LogP contribution < -0.4 is 5.73 Å². The van der Waals surface area contributed by atoms with Crippen LogP contribution in [-0.2, 0) is 13.6 Å². The van der Waals surface area contributed by atoms with Gasteiger partial charge in [-0.3, -0.25) is 4.68 Å². The third kappa shape index (κ3) is 2.30. The molecule has 3 rings (SSSR count). The molecule has 1 aromatic carbocycles. The largest absolute Gasteiger partial charge is 0.399 e. The number of nitrogens with zero attached hydrogens (tertiary/aromatic N) is 6. The zero-order valence-corrected chi connectivity index (χ0v) is 10.4. The van der Waals surface area contributed by atoms with Gasteiger partial charge in [-0.05, 0) is 24.3 Å². The lowest BCUT2D eigenvalue weighted by Gasteiger charge is -1.99. The van der Waals surface area contributed by atoms with Crippen LogP contribution in [0.15, 0.2) is 36.9 Å². The molecule has 2 heterocycles. The maximum atomic E-state index is 5.65. The molecule has 0 amide bonds. The van der Waals surface area contributed by atoms with Gasteiger partial charge in [-0.1, -0.05) is 0 Å². The molecule has 0 radical (unpaired) electrons. The van der Waals surface area contributed by atoms with Crippen molar-refractivity contribution < 1.29 is 0 Å². The molecule has 0 aliphatic heterocycles. The Morgan fingerprint density at radius 1 is 1.16 bits per heavy atom. The number of aromatic nitrogens is 6. The van der Waals surface area contributed by atoms with Crippen molar-refractivity contribution in [1.29, 1.82) is 0 Å². The summed E-state index contributed by atoms with van der Waals surface area (Å²) in [7, 11) is 1.85. The van der Waals surface area contributed by atoms with E-state index in [9.17, 15) is 0 Å². The second-order valence-electron chi connectivity index (χ2n) is 4.19. The maximum Gasteiger partial charge on any atom is 0.181 e. The number of hydrogen-bond acceptors (Lipinski definition) is 5. The average molecular weight is 255 g/mol. The molecule has 0 spiro atoms. The molecular weight excluding hydrogens is 242 g/mol. The van der Waals surface area contributed by atoms with Gasteiger partial charge < -0.3 is 5.73 Å². The van der Waals surface area contributed by atoms with Crippen LogP contribution in [0.2, 0.25) is 0 Å². The Morgan fingerprint density at radius 3 is 2.63 bits per heavy atom. The van der Waals surface area contributed by atoms with Gasteiger partial charge in [-0.25, -0.2) is 14.6 Å². The lowest BCUT2D eigenvalue weighted by Crippen LogP contribution is -2.07. The zero-order chi connectivity index (χ0) is 13.2. The van der Waals surface area contributed by atoms with Gasteiger partial charge in [-0.15, -0.1) is 0 Å². The van der Waals surface area contributed by atoms with E-state index >= 15 is 0 Å². The van der Waals surface area contributed by atoms with E-state index in [1.807, 2.05) is 31.3 Å². The summed E-state index contributed by atoms with van der Waals surface area (Å²) in [5, 5.41) is 8.43. The van der Waals surface area contributed by atoms with Gasteiger partial charge in [0, 0.05) is 18.3 Å². The summed E-state index contributed by atoms with van der Waals surface area (Å²) < 4.78 is 3.44. The molecule has 0 saturated carbocycles. The highest BCUT2D eigenvalue weighted by atomic mass is 15.4. The summed E-state index contributed by atoms with van der Waals surface area (Å²) in [6.45, 7) is 0.540. The third-order valence-electron chi connectivity index (χ3n) is 2.81. The molecule has 2 aromatic heterocycles. The first-order valence-electron chi connectivity index (χ1n) is 5.80. The van der Waals surface area contributed by atoms with E-state index in [2.05, 4.69) is 20.2 Å². The molecule has 0 saturated heterocycles. The van der Waals surface area contributed by atoms with Gasteiger partial charge in [0.15, 0.2) is 5.82 Å². The van der Waals surface area contributed by atoms with E-state index in [4.69, 9.17) is 5.73 Å². The van der Waals surface area contributed by atoms with Gasteiger partial charge in [0.05, 0.1) is 0 Å². The van der Waals surface area contributed by atoms with Crippen molar-refractivity contribution in [3.63, 3.8) is 0 Å². The molecule has 19 heavy (non-hydrogen) atoms. The van der Waals surface area contributed by atoms with Crippen molar-refractivity contribution in [2.24, 2.45) is 7.05 Å². The Kier molecular flexibility index (Phi) is 2.71. The van der Waals surface area contributed by atoms with Gasteiger partial charge in [-0.2, -0.15) is 10.2 Å². The second kappa shape index (κ2) is 4.52. The van der Waals surface area contributed by atoms with Crippen molar-refractivity contribution in [3.8, 4) is 11.4 Å². The summed E-state index contributed by atoms with van der Waals surface area (Å²) in [4.78, 5) is 8.43. The van der Waals surface area contributed by atoms with Crippen LogP contribution in [-0.4, -0.2) is 29.5 Å². The number of aryl methyl sites for hydroxylation is 1. The number of nitrogens with two attached hydrogens (primary N) is 1. The topological polar surface area (TPSA) is 87.4 Å². The first kappa shape index (κ1) is 11.4. The van der Waals surface area contributed by atoms with Gasteiger partial charge >= 0.3 is 0 Å². The fraction of sp³-hybridized carbons (Fsp3) is 0.167. The summed E-state index contributed by atoms with van der Waals surface area (Å²) >= 11 is 0. The van der Waals surface area contributed by atoms with E-state index in [0.717, 1.165) is 17.1 Å². The van der Waals surface area contributed by atoms with Crippen LogP contribution in [0.5, 0.6) is 0 Å². The van der Waals surface area contributed by atoms with E-state index in [-0.39, 0.29) is 0 Å². The Labute approximate surface area is 109 Å². The van der Waals surface area contributed by atoms with Gasteiger partial charge in [0.2, 0.25) is 0 Å². The Hall–Kier alpha value is -2.70. The molecule has 2 N–H and O–H groups in total. The Balaban J connectivity index is 1.83. The van der Waals surface area contributed by atoms with Crippen LogP contribution in [0.4, 0.5) is 5.69 Å². The van der Waals surface area contributed by atoms with E-state index in [1.54, 1.807) is 15.7 Å². The summed E-state index contributed by atoms with van der Waals surface area (Å²) in [6.07, 6.45) is 3.20. The minimum Gasteiger partial charge on any atom is -0.399 e. The number of anilines is 1. The highest BCUT2D eigenvalue weighted by molar-refractivity contribution is 5.57. The normalized spacial score (nSPS) is 10.8. The highest BCUT2D eigenvalue weighted by Gasteiger charge is 2.06. The van der Waals surface area contributed by atoms with Crippen LogP contribution >= 0.6 is 0 Å². The lowest BCUT2D eigenvalue weighted by molar-refractivity contribution is 0.608. The molecule has 7 nitrogen and oxygen atoms in total. The molecule has 0 atom stereocenters. The second-order valence-corrected chi connectivity index (χ2v) is 4.19. The molecule has 0 bridgehead atoms. The van der Waals surface area contributed by atoms with Crippen LogP contribution in [0.1, 0.15) is 5.82 Å². The van der Waals surface area contributed by atoms with Crippen molar-refractivity contribution >= 4 is 5.69 Å². The third-order valence-corrected chi connectivity index (χ3v) is 2.81. The summed E-state index contributed by atoms with van der Waals surface area (Å²) in [6, 6.07) is 7.46. The number of nitrogen functional groups attached to an aromatic ring is 1. The molecule has 0 unspecified atom stereocenters. The molecule has 96 valence electrons. The van der Waals surface area contributed by atoms with Crippen molar-refractivity contribution in [1.82, 2.24) is 29.5 Å². The lowest BCUT2D eigenvalue weighted by atomic mass is 10.2. The molecule has 0 aliphatic carbocycles. The molecular formula is C12H13N7. The standard InChI is InChI=1S/C12H13N7/c1-18-11(14-7-16-18)6-19-8-15-12(17-19)9-2-4-10(13)5-3-9/h2-5,7-8H,6,13H2,1H3. The molecule has 0 aliphatic rings. The summed E-state index contributed by atoms with van der Waals surface area (Å²) in [5.41, 5.74) is 7.31. The number of benzene rings is 1. The van der Waals surface area contributed by atoms with Crippen LogP contribution in [0.25, 0.3) is 11.4 Å². The number of rotatable bonds is 3. The molecule has 3 aromatic rings. The molecule has 0 fully saturated rings. The van der Waals surface area contributed by atoms with Crippen molar-refractivity contribution in [3.05, 3.63) is 42.7 Å². The van der Waals surface area contributed by atoms with Crippen LogP contribution in [0, 0.1) is 0 Å². The Bertz CT molecular complexity index is 680. The van der Waals surface area contributed by atoms with Crippen LogP contribution in [0.3, 0.4) is 0 Å². The predicted octanol–water partition coefficient (Wildman–Crippen LogP) is 0.704. The van der Waals surface area contributed by atoms with Gasteiger partial charge in [0.25, 0.3) is 0 Å². The fourth-order valence-electron chi connectivity index (χ4n) is 1.74.